The first kappa shape index (κ1) is 23.4. The van der Waals surface area contributed by atoms with Crippen molar-refractivity contribution in [2.45, 2.75) is 6.61 Å². The number of carboxylic acids is 1. The third kappa shape index (κ3) is 5.41. The lowest BCUT2D eigenvalue weighted by Crippen LogP contribution is -2.19. The van der Waals surface area contributed by atoms with E-state index in [4.69, 9.17) is 21.1 Å². The number of carbonyl (C=O) groups excluding carboxylic acids is 1. The van der Waals surface area contributed by atoms with Gasteiger partial charge in [-0.05, 0) is 53.7 Å². The normalized spacial score (nSPS) is 15.4. The fourth-order valence-electron chi connectivity index (χ4n) is 3.16. The van der Waals surface area contributed by atoms with E-state index in [9.17, 15) is 14.7 Å². The second kappa shape index (κ2) is 10.5. The van der Waals surface area contributed by atoms with E-state index in [0.29, 0.717) is 26.6 Å². The highest BCUT2D eigenvalue weighted by Gasteiger charge is 2.24. The first-order valence-electron chi connectivity index (χ1n) is 10.1. The zero-order chi connectivity index (χ0) is 24.1. The Morgan fingerprint density at radius 3 is 2.65 bits per heavy atom. The first-order valence-corrected chi connectivity index (χ1v) is 11.3. The Kier molecular flexibility index (Phi) is 7.20. The van der Waals surface area contributed by atoms with E-state index in [2.05, 4.69) is 10.3 Å². The molecule has 0 aromatic heterocycles. The lowest BCUT2D eigenvalue weighted by Gasteiger charge is -2.12. The largest absolute Gasteiger partial charge is 0.493 e. The molecule has 7 nitrogen and oxygen atoms in total. The van der Waals surface area contributed by atoms with E-state index in [-0.39, 0.29) is 23.8 Å². The molecule has 3 aromatic carbocycles. The second-order valence-electron chi connectivity index (χ2n) is 7.09. The van der Waals surface area contributed by atoms with Crippen molar-refractivity contribution in [3.63, 3.8) is 0 Å². The Morgan fingerprint density at radius 1 is 1.12 bits per heavy atom. The summed E-state index contributed by atoms with van der Waals surface area (Å²) in [7, 11) is 1.54. The predicted octanol–water partition coefficient (Wildman–Crippen LogP) is 5.52. The van der Waals surface area contributed by atoms with E-state index < -0.39 is 5.97 Å². The van der Waals surface area contributed by atoms with Gasteiger partial charge in [-0.2, -0.15) is 0 Å². The lowest BCUT2D eigenvalue weighted by atomic mass is 10.2. The number of thioether (sulfide) groups is 1. The van der Waals surface area contributed by atoms with E-state index in [1.165, 1.54) is 13.2 Å². The minimum Gasteiger partial charge on any atom is -0.493 e. The summed E-state index contributed by atoms with van der Waals surface area (Å²) in [6.45, 7) is 0.284. The van der Waals surface area contributed by atoms with Gasteiger partial charge in [0.1, 0.15) is 6.61 Å². The molecule has 0 bridgehead atoms. The van der Waals surface area contributed by atoms with Crippen LogP contribution in [0.3, 0.4) is 0 Å². The van der Waals surface area contributed by atoms with Crippen molar-refractivity contribution in [2.24, 2.45) is 4.99 Å². The van der Waals surface area contributed by atoms with Crippen LogP contribution in [0.1, 0.15) is 21.5 Å². The van der Waals surface area contributed by atoms with Gasteiger partial charge in [-0.3, -0.25) is 4.79 Å². The number of rotatable bonds is 7. The zero-order valence-electron chi connectivity index (χ0n) is 17.9. The number of nitrogens with zero attached hydrogens (tertiary/aromatic N) is 1. The van der Waals surface area contributed by atoms with E-state index in [0.717, 1.165) is 22.9 Å². The molecule has 4 rings (SSSR count). The summed E-state index contributed by atoms with van der Waals surface area (Å²) >= 11 is 7.31. The summed E-state index contributed by atoms with van der Waals surface area (Å²) in [5, 5.41) is 12.9. The Morgan fingerprint density at radius 2 is 1.88 bits per heavy atom. The Bertz CT molecular complexity index is 1320. The zero-order valence-corrected chi connectivity index (χ0v) is 19.5. The van der Waals surface area contributed by atoms with Gasteiger partial charge in [0.15, 0.2) is 16.7 Å². The van der Waals surface area contributed by atoms with Gasteiger partial charge in [-0.25, -0.2) is 9.79 Å². The average Bonchev–Trinajstić information content (AvgIpc) is 3.17. The quantitative estimate of drug-likeness (QED) is 0.420. The molecule has 1 heterocycles. The number of amidine groups is 1. The van der Waals surface area contributed by atoms with Gasteiger partial charge in [0.2, 0.25) is 0 Å². The van der Waals surface area contributed by atoms with Gasteiger partial charge in [-0.15, -0.1) is 0 Å². The molecule has 0 radical (unpaired) electrons. The van der Waals surface area contributed by atoms with E-state index >= 15 is 0 Å². The van der Waals surface area contributed by atoms with Crippen LogP contribution in [0, 0.1) is 0 Å². The van der Waals surface area contributed by atoms with Crippen LogP contribution in [0.5, 0.6) is 11.5 Å². The number of carbonyl (C=O) groups is 2. The number of halogens is 1. The fourth-order valence-corrected chi connectivity index (χ4v) is 4.18. The third-order valence-electron chi connectivity index (χ3n) is 4.83. The van der Waals surface area contributed by atoms with Crippen LogP contribution >= 0.6 is 23.4 Å². The summed E-state index contributed by atoms with van der Waals surface area (Å²) in [5.74, 6) is -0.363. The molecule has 0 aliphatic carbocycles. The number of para-hydroxylation sites is 1. The number of ether oxygens (including phenoxy) is 2. The predicted molar refractivity (Wildman–Crippen MR) is 133 cm³/mol. The molecule has 1 amide bonds. The Labute approximate surface area is 205 Å². The number of aliphatic imine (C=N–C) groups is 1. The minimum absolute atomic E-state index is 0.0550. The number of methoxy groups -OCH3 is 1. The smallest absolute Gasteiger partial charge is 0.337 e. The molecular weight excluding hydrogens is 476 g/mol. The van der Waals surface area contributed by atoms with Crippen molar-refractivity contribution in [1.29, 1.82) is 0 Å². The number of hydrogen-bond donors (Lipinski definition) is 2. The van der Waals surface area contributed by atoms with Gasteiger partial charge >= 0.3 is 5.97 Å². The summed E-state index contributed by atoms with van der Waals surface area (Å²) in [6.07, 6.45) is 1.70. The average molecular weight is 495 g/mol. The maximum Gasteiger partial charge on any atom is 0.337 e. The summed E-state index contributed by atoms with van der Waals surface area (Å²) < 4.78 is 11.3. The van der Waals surface area contributed by atoms with Crippen molar-refractivity contribution in [1.82, 2.24) is 5.32 Å². The molecule has 0 atom stereocenters. The Hall–Kier alpha value is -3.75. The molecule has 3 aromatic rings. The topological polar surface area (TPSA) is 97.2 Å². The van der Waals surface area contributed by atoms with Crippen molar-refractivity contribution in [2.75, 3.05) is 7.11 Å². The molecule has 1 saturated heterocycles. The lowest BCUT2D eigenvalue weighted by molar-refractivity contribution is -0.115. The van der Waals surface area contributed by atoms with Crippen LogP contribution in [0.15, 0.2) is 76.6 Å². The van der Waals surface area contributed by atoms with Crippen LogP contribution in [-0.4, -0.2) is 29.3 Å². The van der Waals surface area contributed by atoms with Gasteiger partial charge in [0, 0.05) is 10.6 Å². The monoisotopic (exact) mass is 494 g/mol. The fraction of sp³-hybridized carbons (Fsp3) is 0.0800. The molecule has 0 unspecified atom stereocenters. The van der Waals surface area contributed by atoms with Crippen LogP contribution in [0.2, 0.25) is 5.02 Å². The minimum atomic E-state index is -1.09. The molecule has 1 fully saturated rings. The van der Waals surface area contributed by atoms with Gasteiger partial charge in [-0.1, -0.05) is 48.0 Å². The second-order valence-corrected chi connectivity index (χ2v) is 8.53. The maximum atomic E-state index is 12.4. The summed E-state index contributed by atoms with van der Waals surface area (Å²) in [5.41, 5.74) is 1.90. The van der Waals surface area contributed by atoms with Crippen LogP contribution < -0.4 is 14.8 Å². The molecule has 172 valence electrons. The van der Waals surface area contributed by atoms with Crippen LogP contribution in [-0.2, 0) is 11.4 Å². The van der Waals surface area contributed by atoms with Crippen LogP contribution in [0.25, 0.3) is 6.08 Å². The highest BCUT2D eigenvalue weighted by molar-refractivity contribution is 8.18. The number of benzene rings is 3. The van der Waals surface area contributed by atoms with Crippen molar-refractivity contribution in [3.8, 4) is 11.5 Å². The number of amides is 1. The SMILES string of the molecule is COc1cc(/C=C2\SC(=Nc3ccccc3C(=O)O)NC2=O)ccc1OCc1ccccc1Cl. The van der Waals surface area contributed by atoms with E-state index in [1.54, 1.807) is 48.5 Å². The third-order valence-corrected chi connectivity index (χ3v) is 6.11. The number of carboxylic acid groups (broad SMARTS) is 1. The molecule has 0 saturated carbocycles. The van der Waals surface area contributed by atoms with Crippen LogP contribution in [0.4, 0.5) is 5.69 Å². The first-order chi connectivity index (χ1) is 16.4. The summed E-state index contributed by atoms with van der Waals surface area (Å²) in [6, 6.07) is 19.1. The molecule has 2 N–H and O–H groups in total. The van der Waals surface area contributed by atoms with Crippen molar-refractivity contribution in [3.05, 3.63) is 93.3 Å². The standard InChI is InChI=1S/C25H19ClN2O5S/c1-32-21-12-15(10-11-20(21)33-14-16-6-2-4-8-18(16)26)13-22-23(29)28-25(34-22)27-19-9-5-3-7-17(19)24(30)31/h2-13H,14H2,1H3,(H,30,31)(H,27,28,29)/b22-13-. The number of hydrogen-bond acceptors (Lipinski definition) is 6. The van der Waals surface area contributed by atoms with Gasteiger partial charge in [0.25, 0.3) is 5.91 Å². The molecule has 34 heavy (non-hydrogen) atoms. The van der Waals surface area contributed by atoms with E-state index in [1.807, 2.05) is 18.2 Å². The highest BCUT2D eigenvalue weighted by atomic mass is 35.5. The molecular formula is C25H19ClN2O5S. The summed E-state index contributed by atoms with van der Waals surface area (Å²) in [4.78, 5) is 28.6. The number of aromatic carboxylic acids is 1. The molecule has 1 aliphatic rings. The molecule has 0 spiro atoms. The number of nitrogens with one attached hydrogen (secondary N) is 1. The maximum absolute atomic E-state index is 12.4. The molecule has 1 aliphatic heterocycles. The van der Waals surface area contributed by atoms with Gasteiger partial charge < -0.3 is 19.9 Å². The highest BCUT2D eigenvalue weighted by Crippen LogP contribution is 2.33. The molecule has 9 heteroatoms. The van der Waals surface area contributed by atoms with Crippen molar-refractivity contribution < 1.29 is 24.2 Å². The van der Waals surface area contributed by atoms with Gasteiger partial charge in [0.05, 0.1) is 23.3 Å². The van der Waals surface area contributed by atoms with Crippen molar-refractivity contribution >= 4 is 52.2 Å². The Balaban J connectivity index is 1.52.